The topological polar surface area (TPSA) is 21.3 Å². The fraction of sp³-hybridized carbons (Fsp3) is 1.00. The number of rotatable bonds is 3. The van der Waals surface area contributed by atoms with E-state index in [1.807, 2.05) is 0 Å². The third kappa shape index (κ3) is 3.38. The van der Waals surface area contributed by atoms with Crippen LogP contribution in [0.2, 0.25) is 0 Å². The van der Waals surface area contributed by atoms with Gasteiger partial charge < -0.3 is 10.1 Å². The Morgan fingerprint density at radius 1 is 1.25 bits per heavy atom. The Labute approximate surface area is 104 Å². The third-order valence-corrected chi connectivity index (χ3v) is 5.56. The zero-order chi connectivity index (χ0) is 11.4. The first-order chi connectivity index (χ1) is 7.79. The quantitative estimate of drug-likeness (QED) is 0.823. The predicted octanol–water partition coefficient (Wildman–Crippen LogP) is 2.68. The van der Waals surface area contributed by atoms with Crippen molar-refractivity contribution in [2.24, 2.45) is 5.92 Å². The van der Waals surface area contributed by atoms with Crippen molar-refractivity contribution in [3.8, 4) is 0 Å². The molecule has 0 aromatic heterocycles. The van der Waals surface area contributed by atoms with Crippen LogP contribution in [0.15, 0.2) is 0 Å². The molecule has 4 unspecified atom stereocenters. The molecule has 2 aliphatic rings. The fourth-order valence-corrected chi connectivity index (χ4v) is 4.80. The Balaban J connectivity index is 1.82. The van der Waals surface area contributed by atoms with Crippen LogP contribution in [0.4, 0.5) is 0 Å². The van der Waals surface area contributed by atoms with Gasteiger partial charge in [-0.2, -0.15) is 11.8 Å². The molecule has 2 rings (SSSR count). The van der Waals surface area contributed by atoms with Crippen LogP contribution in [0.5, 0.6) is 0 Å². The van der Waals surface area contributed by atoms with E-state index in [2.05, 4.69) is 31.1 Å². The largest absolute Gasteiger partial charge is 0.380 e. The molecule has 1 saturated heterocycles. The van der Waals surface area contributed by atoms with Gasteiger partial charge in [0.25, 0.3) is 0 Å². The highest BCUT2D eigenvalue weighted by molar-refractivity contribution is 8.00. The Hall–Kier alpha value is 0.270. The summed E-state index contributed by atoms with van der Waals surface area (Å²) in [5.41, 5.74) is 0. The summed E-state index contributed by atoms with van der Waals surface area (Å²) in [6.07, 6.45) is 6.88. The van der Waals surface area contributed by atoms with Crippen LogP contribution in [0.3, 0.4) is 0 Å². The molecule has 1 aliphatic carbocycles. The van der Waals surface area contributed by atoms with Gasteiger partial charge in [0.15, 0.2) is 0 Å². The maximum absolute atomic E-state index is 5.62. The highest BCUT2D eigenvalue weighted by atomic mass is 32.2. The molecule has 2 fully saturated rings. The van der Waals surface area contributed by atoms with E-state index in [1.54, 1.807) is 0 Å². The zero-order valence-electron chi connectivity index (χ0n) is 10.6. The maximum Gasteiger partial charge on any atom is 0.0600 e. The van der Waals surface area contributed by atoms with E-state index in [1.165, 1.54) is 32.1 Å². The first-order valence-corrected chi connectivity index (χ1v) is 7.64. The fourth-order valence-electron chi connectivity index (χ4n) is 2.93. The second-order valence-corrected chi connectivity index (χ2v) is 6.87. The Morgan fingerprint density at radius 3 is 2.88 bits per heavy atom. The highest BCUT2D eigenvalue weighted by Crippen LogP contribution is 2.36. The van der Waals surface area contributed by atoms with E-state index in [4.69, 9.17) is 4.74 Å². The van der Waals surface area contributed by atoms with Gasteiger partial charge in [0.1, 0.15) is 0 Å². The number of thioether (sulfide) groups is 1. The average Bonchev–Trinajstić information content (AvgIpc) is 2.30. The van der Waals surface area contributed by atoms with Crippen LogP contribution in [-0.2, 0) is 4.74 Å². The van der Waals surface area contributed by atoms with Crippen LogP contribution in [0.1, 0.15) is 39.0 Å². The highest BCUT2D eigenvalue weighted by Gasteiger charge is 2.29. The van der Waals surface area contributed by atoms with Gasteiger partial charge in [0.2, 0.25) is 0 Å². The molecule has 1 N–H and O–H groups in total. The Kier molecular flexibility index (Phi) is 4.98. The van der Waals surface area contributed by atoms with Crippen LogP contribution >= 0.6 is 11.8 Å². The van der Waals surface area contributed by atoms with Gasteiger partial charge >= 0.3 is 0 Å². The molecule has 2 nitrogen and oxygen atoms in total. The van der Waals surface area contributed by atoms with Crippen LogP contribution in [0, 0.1) is 5.92 Å². The number of hydrogen-bond acceptors (Lipinski definition) is 3. The number of ether oxygens (including phenoxy) is 1. The lowest BCUT2D eigenvalue weighted by molar-refractivity contribution is 0.0848. The van der Waals surface area contributed by atoms with Gasteiger partial charge in [-0.05, 0) is 32.2 Å². The second kappa shape index (κ2) is 6.27. The summed E-state index contributed by atoms with van der Waals surface area (Å²) in [7, 11) is 2.09. The maximum atomic E-state index is 5.62. The molecule has 0 aromatic carbocycles. The van der Waals surface area contributed by atoms with E-state index in [0.717, 1.165) is 24.4 Å². The van der Waals surface area contributed by atoms with Crippen molar-refractivity contribution in [2.45, 2.75) is 55.6 Å². The molecular formula is C13H25NOS. The van der Waals surface area contributed by atoms with Crippen molar-refractivity contribution < 1.29 is 4.74 Å². The van der Waals surface area contributed by atoms with Crippen LogP contribution in [0.25, 0.3) is 0 Å². The molecule has 1 saturated carbocycles. The Morgan fingerprint density at radius 2 is 2.12 bits per heavy atom. The minimum absolute atomic E-state index is 0.663. The van der Waals surface area contributed by atoms with Gasteiger partial charge in [0, 0.05) is 23.1 Å². The molecule has 16 heavy (non-hydrogen) atoms. The van der Waals surface area contributed by atoms with Crippen molar-refractivity contribution in [3.05, 3.63) is 0 Å². The molecule has 0 radical (unpaired) electrons. The van der Waals surface area contributed by atoms with E-state index in [0.29, 0.717) is 11.3 Å². The standard InChI is InChI=1S/C13H25NOS/c1-10-4-3-5-11(8-10)16-13-9-15-7-6-12(13)14-2/h10-14H,3-9H2,1-2H3. The van der Waals surface area contributed by atoms with Crippen molar-refractivity contribution in [1.82, 2.24) is 5.32 Å². The summed E-state index contributed by atoms with van der Waals surface area (Å²) in [4.78, 5) is 0. The van der Waals surface area contributed by atoms with Crippen molar-refractivity contribution >= 4 is 11.8 Å². The molecule has 0 aromatic rings. The lowest BCUT2D eigenvalue weighted by atomic mass is 9.90. The average molecular weight is 243 g/mol. The molecular weight excluding hydrogens is 218 g/mol. The minimum atomic E-state index is 0.663. The summed E-state index contributed by atoms with van der Waals surface area (Å²) in [6, 6.07) is 0.663. The third-order valence-electron chi connectivity index (χ3n) is 3.93. The van der Waals surface area contributed by atoms with Crippen molar-refractivity contribution in [1.29, 1.82) is 0 Å². The second-order valence-electron chi connectivity index (χ2n) is 5.33. The summed E-state index contributed by atoms with van der Waals surface area (Å²) >= 11 is 2.19. The molecule has 0 bridgehead atoms. The van der Waals surface area contributed by atoms with Crippen molar-refractivity contribution in [2.75, 3.05) is 20.3 Å². The summed E-state index contributed by atoms with van der Waals surface area (Å²) in [5, 5.41) is 5.01. The number of hydrogen-bond donors (Lipinski definition) is 1. The van der Waals surface area contributed by atoms with E-state index < -0.39 is 0 Å². The number of nitrogens with one attached hydrogen (secondary N) is 1. The smallest absolute Gasteiger partial charge is 0.0600 e. The molecule has 94 valence electrons. The van der Waals surface area contributed by atoms with E-state index >= 15 is 0 Å². The first-order valence-electron chi connectivity index (χ1n) is 6.70. The summed E-state index contributed by atoms with van der Waals surface area (Å²) in [6.45, 7) is 4.28. The normalized spacial score (nSPS) is 40.9. The molecule has 3 heteroatoms. The van der Waals surface area contributed by atoms with Gasteiger partial charge in [-0.1, -0.05) is 19.8 Å². The van der Waals surface area contributed by atoms with Crippen LogP contribution < -0.4 is 5.32 Å². The minimum Gasteiger partial charge on any atom is -0.380 e. The molecule has 1 aliphatic heterocycles. The van der Waals surface area contributed by atoms with E-state index in [9.17, 15) is 0 Å². The molecule has 4 atom stereocenters. The molecule has 1 heterocycles. The zero-order valence-corrected chi connectivity index (χ0v) is 11.4. The van der Waals surface area contributed by atoms with E-state index in [-0.39, 0.29) is 0 Å². The van der Waals surface area contributed by atoms with Gasteiger partial charge in [-0.15, -0.1) is 0 Å². The SMILES string of the molecule is CNC1CCOCC1SC1CCCC(C)C1. The van der Waals surface area contributed by atoms with Crippen LogP contribution in [-0.4, -0.2) is 36.8 Å². The summed E-state index contributed by atoms with van der Waals surface area (Å²) < 4.78 is 5.62. The van der Waals surface area contributed by atoms with Gasteiger partial charge in [0.05, 0.1) is 6.61 Å². The van der Waals surface area contributed by atoms with Crippen molar-refractivity contribution in [3.63, 3.8) is 0 Å². The lowest BCUT2D eigenvalue weighted by Gasteiger charge is -2.35. The monoisotopic (exact) mass is 243 g/mol. The first kappa shape index (κ1) is 12.7. The summed E-state index contributed by atoms with van der Waals surface area (Å²) in [5.74, 6) is 0.934. The lowest BCUT2D eigenvalue weighted by Crippen LogP contribution is -2.44. The van der Waals surface area contributed by atoms with Gasteiger partial charge in [-0.3, -0.25) is 0 Å². The van der Waals surface area contributed by atoms with Gasteiger partial charge in [-0.25, -0.2) is 0 Å². The molecule has 0 spiro atoms. The Bertz CT molecular complexity index is 212. The molecule has 0 amide bonds. The predicted molar refractivity (Wildman–Crippen MR) is 71.1 cm³/mol.